The van der Waals surface area contributed by atoms with Crippen LogP contribution in [0.4, 0.5) is 0 Å². The molecule has 0 bridgehead atoms. The van der Waals surface area contributed by atoms with Gasteiger partial charge in [-0.15, -0.1) is 0 Å². The minimum Gasteiger partial charge on any atom is -0.349 e. The van der Waals surface area contributed by atoms with E-state index in [1.54, 1.807) is 6.92 Å². The van der Waals surface area contributed by atoms with E-state index in [1.165, 1.54) is 0 Å². The molecule has 0 saturated carbocycles. The van der Waals surface area contributed by atoms with Gasteiger partial charge in [0.15, 0.2) is 6.29 Å². The Labute approximate surface area is 105 Å². The Balaban J connectivity index is 2.42. The van der Waals surface area contributed by atoms with Crippen molar-refractivity contribution in [3.8, 4) is 0 Å². The molecule has 0 aliphatic carbocycles. The van der Waals surface area contributed by atoms with Crippen LogP contribution in [-0.4, -0.2) is 24.3 Å². The van der Waals surface area contributed by atoms with E-state index in [2.05, 4.69) is 20.8 Å². The second-order valence-corrected chi connectivity index (χ2v) is 6.20. The number of carbonyl (C=O) groups excluding carboxylic acids is 1. The molecule has 1 aliphatic heterocycles. The maximum atomic E-state index is 11.0. The maximum absolute atomic E-state index is 11.0. The molecule has 17 heavy (non-hydrogen) atoms. The molecule has 1 saturated heterocycles. The summed E-state index contributed by atoms with van der Waals surface area (Å²) in [6.45, 7) is 10.1. The first-order chi connectivity index (χ1) is 7.79. The van der Waals surface area contributed by atoms with Gasteiger partial charge in [-0.1, -0.05) is 20.8 Å². The zero-order valence-corrected chi connectivity index (χ0v) is 11.8. The summed E-state index contributed by atoms with van der Waals surface area (Å²) in [6, 6.07) is 0. The van der Waals surface area contributed by atoms with Crippen LogP contribution in [0.3, 0.4) is 0 Å². The van der Waals surface area contributed by atoms with Gasteiger partial charge in [0.1, 0.15) is 5.78 Å². The number of carbonyl (C=O) groups is 1. The molecule has 100 valence electrons. The smallest absolute Gasteiger partial charge is 0.158 e. The van der Waals surface area contributed by atoms with Gasteiger partial charge in [0.25, 0.3) is 0 Å². The first kappa shape index (κ1) is 14.7. The normalized spacial score (nSPS) is 27.8. The SMILES string of the molecule is CC(=O)C[C@@H](C)O[C@@H]1CCC[C@@H](C(C)(C)C)O1. The van der Waals surface area contributed by atoms with Gasteiger partial charge in [-0.25, -0.2) is 0 Å². The summed E-state index contributed by atoms with van der Waals surface area (Å²) in [5.74, 6) is 0.167. The van der Waals surface area contributed by atoms with Crippen molar-refractivity contribution < 1.29 is 14.3 Å². The molecule has 0 aromatic rings. The van der Waals surface area contributed by atoms with Gasteiger partial charge in [0.2, 0.25) is 0 Å². The Morgan fingerprint density at radius 2 is 2.06 bits per heavy atom. The molecule has 1 aliphatic rings. The van der Waals surface area contributed by atoms with Crippen molar-refractivity contribution in [1.82, 2.24) is 0 Å². The minimum atomic E-state index is -0.137. The first-order valence-corrected chi connectivity index (χ1v) is 6.59. The minimum absolute atomic E-state index is 0.0452. The van der Waals surface area contributed by atoms with Crippen molar-refractivity contribution in [3.05, 3.63) is 0 Å². The first-order valence-electron chi connectivity index (χ1n) is 6.59. The Morgan fingerprint density at radius 1 is 1.41 bits per heavy atom. The summed E-state index contributed by atoms with van der Waals surface area (Å²) in [5.41, 5.74) is 0.159. The number of ketones is 1. The van der Waals surface area contributed by atoms with Gasteiger partial charge in [-0.05, 0) is 38.5 Å². The van der Waals surface area contributed by atoms with E-state index >= 15 is 0 Å². The second kappa shape index (κ2) is 5.96. The van der Waals surface area contributed by atoms with Crippen molar-refractivity contribution in [2.24, 2.45) is 5.41 Å². The predicted molar refractivity (Wildman–Crippen MR) is 67.8 cm³/mol. The van der Waals surface area contributed by atoms with E-state index in [4.69, 9.17) is 9.47 Å². The molecule has 3 nitrogen and oxygen atoms in total. The molecule has 3 atom stereocenters. The molecule has 1 heterocycles. The second-order valence-electron chi connectivity index (χ2n) is 6.20. The highest BCUT2D eigenvalue weighted by Gasteiger charge is 2.32. The zero-order chi connectivity index (χ0) is 13.1. The Bertz CT molecular complexity index is 255. The Kier molecular flexibility index (Phi) is 5.14. The summed E-state index contributed by atoms with van der Waals surface area (Å²) in [4.78, 5) is 11.0. The van der Waals surface area contributed by atoms with E-state index in [-0.39, 0.29) is 29.7 Å². The molecule has 0 spiro atoms. The fraction of sp³-hybridized carbons (Fsp3) is 0.929. The molecule has 0 radical (unpaired) electrons. The fourth-order valence-electron chi connectivity index (χ4n) is 2.24. The van der Waals surface area contributed by atoms with Crippen molar-refractivity contribution in [3.63, 3.8) is 0 Å². The maximum Gasteiger partial charge on any atom is 0.158 e. The van der Waals surface area contributed by atoms with Crippen molar-refractivity contribution in [2.75, 3.05) is 0 Å². The van der Waals surface area contributed by atoms with Gasteiger partial charge in [-0.3, -0.25) is 4.79 Å². The third-order valence-electron chi connectivity index (χ3n) is 3.15. The van der Waals surface area contributed by atoms with Crippen LogP contribution in [0.25, 0.3) is 0 Å². The van der Waals surface area contributed by atoms with Crippen molar-refractivity contribution >= 4 is 5.78 Å². The van der Waals surface area contributed by atoms with Gasteiger partial charge >= 0.3 is 0 Å². The highest BCUT2D eigenvalue weighted by atomic mass is 16.7. The van der Waals surface area contributed by atoms with Gasteiger partial charge in [-0.2, -0.15) is 0 Å². The van der Waals surface area contributed by atoms with Gasteiger partial charge in [0, 0.05) is 6.42 Å². The van der Waals surface area contributed by atoms with Crippen LogP contribution >= 0.6 is 0 Å². The number of Topliss-reactive ketones (excluding diaryl/α,β-unsaturated/α-hetero) is 1. The van der Waals surface area contributed by atoms with E-state index in [9.17, 15) is 4.79 Å². The van der Waals surface area contributed by atoms with Crippen LogP contribution in [0.5, 0.6) is 0 Å². The zero-order valence-electron chi connectivity index (χ0n) is 11.8. The summed E-state index contributed by atoms with van der Waals surface area (Å²) in [5, 5.41) is 0. The predicted octanol–water partition coefficient (Wildman–Crippen LogP) is 3.31. The van der Waals surface area contributed by atoms with Crippen LogP contribution in [0.1, 0.15) is 60.3 Å². The molecular formula is C14H26O3. The lowest BCUT2D eigenvalue weighted by Crippen LogP contribution is -2.39. The average molecular weight is 242 g/mol. The monoisotopic (exact) mass is 242 g/mol. The van der Waals surface area contributed by atoms with E-state index in [1.807, 2.05) is 6.92 Å². The lowest BCUT2D eigenvalue weighted by molar-refractivity contribution is -0.230. The third-order valence-corrected chi connectivity index (χ3v) is 3.15. The summed E-state index contributed by atoms with van der Waals surface area (Å²) in [6.07, 6.45) is 3.72. The summed E-state index contributed by atoms with van der Waals surface area (Å²) >= 11 is 0. The molecule has 1 rings (SSSR count). The average Bonchev–Trinajstić information content (AvgIpc) is 2.15. The summed E-state index contributed by atoms with van der Waals surface area (Å²) < 4.78 is 11.8. The number of hydrogen-bond donors (Lipinski definition) is 0. The van der Waals surface area contributed by atoms with E-state index in [0.717, 1.165) is 19.3 Å². The number of ether oxygens (including phenoxy) is 2. The lowest BCUT2D eigenvalue weighted by atomic mass is 9.85. The standard InChI is InChI=1S/C14H26O3/c1-10(15)9-11(2)16-13-8-6-7-12(17-13)14(3,4)5/h11-13H,6-9H2,1-5H3/t11-,12+,13+/m1/s1. The topological polar surface area (TPSA) is 35.5 Å². The van der Waals surface area contributed by atoms with Crippen LogP contribution in [0.2, 0.25) is 0 Å². The van der Waals surface area contributed by atoms with Crippen LogP contribution in [-0.2, 0) is 14.3 Å². The van der Waals surface area contributed by atoms with E-state index in [0.29, 0.717) is 6.42 Å². The van der Waals surface area contributed by atoms with Crippen molar-refractivity contribution in [1.29, 1.82) is 0 Å². The van der Waals surface area contributed by atoms with Crippen molar-refractivity contribution in [2.45, 2.75) is 78.8 Å². The summed E-state index contributed by atoms with van der Waals surface area (Å²) in [7, 11) is 0. The van der Waals surface area contributed by atoms with Crippen LogP contribution in [0.15, 0.2) is 0 Å². The number of hydrogen-bond acceptors (Lipinski definition) is 3. The van der Waals surface area contributed by atoms with Crippen LogP contribution in [0, 0.1) is 5.41 Å². The molecular weight excluding hydrogens is 216 g/mol. The molecule has 0 unspecified atom stereocenters. The molecule has 3 heteroatoms. The lowest BCUT2D eigenvalue weighted by Gasteiger charge is -2.38. The third kappa shape index (κ3) is 5.17. The van der Waals surface area contributed by atoms with Gasteiger partial charge in [0.05, 0.1) is 12.2 Å². The molecule has 0 aromatic heterocycles. The highest BCUT2D eigenvalue weighted by molar-refractivity contribution is 5.75. The molecule has 0 aromatic carbocycles. The van der Waals surface area contributed by atoms with Gasteiger partial charge < -0.3 is 9.47 Å². The van der Waals surface area contributed by atoms with Crippen LogP contribution < -0.4 is 0 Å². The highest BCUT2D eigenvalue weighted by Crippen LogP contribution is 2.32. The quantitative estimate of drug-likeness (QED) is 0.758. The Hall–Kier alpha value is -0.410. The number of rotatable bonds is 4. The Morgan fingerprint density at radius 3 is 2.59 bits per heavy atom. The molecule has 1 fully saturated rings. The molecule has 0 amide bonds. The fourth-order valence-corrected chi connectivity index (χ4v) is 2.24. The van der Waals surface area contributed by atoms with E-state index < -0.39 is 0 Å². The molecule has 0 N–H and O–H groups in total. The largest absolute Gasteiger partial charge is 0.349 e.